The lowest BCUT2D eigenvalue weighted by molar-refractivity contribution is 0.807. The highest BCUT2D eigenvalue weighted by Gasteiger charge is 2.11. The number of aromatic nitrogens is 2. The first kappa shape index (κ1) is 11.9. The summed E-state index contributed by atoms with van der Waals surface area (Å²) in [4.78, 5) is 8.17. The fraction of sp³-hybridized carbons (Fsp3) is 0.400. The second kappa shape index (κ2) is 5.17. The summed E-state index contributed by atoms with van der Waals surface area (Å²) in [6.45, 7) is 6.56. The van der Waals surface area contributed by atoms with Gasteiger partial charge in [-0.3, -0.25) is 0 Å². The Morgan fingerprint density at radius 3 is 2.41 bits per heavy atom. The average molecular weight is 228 g/mol. The fourth-order valence-corrected chi connectivity index (χ4v) is 2.10. The van der Waals surface area contributed by atoms with Gasteiger partial charge in [-0.2, -0.15) is 0 Å². The van der Waals surface area contributed by atoms with Crippen molar-refractivity contribution in [3.8, 4) is 0 Å². The first-order valence-electron chi connectivity index (χ1n) is 6.32. The molecule has 0 fully saturated rings. The maximum Gasteiger partial charge on any atom is 0.111 e. The number of imidazole rings is 1. The number of rotatable bonds is 4. The minimum atomic E-state index is 0.491. The predicted octanol–water partition coefficient (Wildman–Crippen LogP) is 3.69. The molecule has 2 rings (SSSR count). The molecule has 2 aromatic rings. The van der Waals surface area contributed by atoms with E-state index in [4.69, 9.17) is 4.98 Å². The van der Waals surface area contributed by atoms with E-state index >= 15 is 0 Å². The third-order valence-electron chi connectivity index (χ3n) is 2.97. The number of hydrogen-bond acceptors (Lipinski definition) is 1. The molecule has 1 aromatic carbocycles. The van der Waals surface area contributed by atoms with Crippen LogP contribution >= 0.6 is 0 Å². The van der Waals surface area contributed by atoms with Crippen molar-refractivity contribution in [2.24, 2.45) is 0 Å². The summed E-state index contributed by atoms with van der Waals surface area (Å²) in [5.41, 5.74) is 3.81. The van der Waals surface area contributed by atoms with Crippen molar-refractivity contribution in [3.63, 3.8) is 0 Å². The molecule has 1 N–H and O–H groups in total. The Balaban J connectivity index is 2.23. The lowest BCUT2D eigenvalue weighted by atomic mass is 10.1. The summed E-state index contributed by atoms with van der Waals surface area (Å²) in [5, 5.41) is 0. The molecule has 2 heteroatoms. The van der Waals surface area contributed by atoms with Gasteiger partial charge in [0.1, 0.15) is 5.82 Å². The van der Waals surface area contributed by atoms with Gasteiger partial charge in [0, 0.05) is 12.1 Å². The topological polar surface area (TPSA) is 28.7 Å². The number of H-pyrrole nitrogens is 1. The lowest BCUT2D eigenvalue weighted by Crippen LogP contribution is -1.93. The second-order valence-corrected chi connectivity index (χ2v) is 4.72. The number of benzene rings is 1. The van der Waals surface area contributed by atoms with Gasteiger partial charge in [0.15, 0.2) is 0 Å². The summed E-state index contributed by atoms with van der Waals surface area (Å²) in [6, 6.07) is 10.5. The van der Waals surface area contributed by atoms with Gasteiger partial charge in [0.25, 0.3) is 0 Å². The van der Waals surface area contributed by atoms with E-state index in [2.05, 4.69) is 50.0 Å². The highest BCUT2D eigenvalue weighted by Crippen LogP contribution is 2.18. The standard InChI is InChI=1S/C15H20N2/c1-4-13-15(11(2)3)17-14(16-13)10-12-8-6-5-7-9-12/h5-9,11H,4,10H2,1-3H3,(H,16,17). The van der Waals surface area contributed by atoms with E-state index in [1.165, 1.54) is 17.0 Å². The van der Waals surface area contributed by atoms with Crippen LogP contribution < -0.4 is 0 Å². The average Bonchev–Trinajstić information content (AvgIpc) is 2.73. The van der Waals surface area contributed by atoms with E-state index in [0.717, 1.165) is 18.7 Å². The molecule has 0 bridgehead atoms. The van der Waals surface area contributed by atoms with Gasteiger partial charge in [-0.1, -0.05) is 51.1 Å². The van der Waals surface area contributed by atoms with E-state index < -0.39 is 0 Å². The molecule has 0 unspecified atom stereocenters. The monoisotopic (exact) mass is 228 g/mol. The van der Waals surface area contributed by atoms with Gasteiger partial charge in [-0.25, -0.2) is 4.98 Å². The third kappa shape index (κ3) is 2.76. The Bertz CT molecular complexity index is 469. The minimum Gasteiger partial charge on any atom is -0.345 e. The van der Waals surface area contributed by atoms with Crippen LogP contribution in [0.2, 0.25) is 0 Å². The van der Waals surface area contributed by atoms with Crippen molar-refractivity contribution in [3.05, 3.63) is 53.1 Å². The van der Waals surface area contributed by atoms with Crippen molar-refractivity contribution in [2.45, 2.75) is 39.5 Å². The Hall–Kier alpha value is -1.57. The highest BCUT2D eigenvalue weighted by atomic mass is 14.9. The zero-order valence-electron chi connectivity index (χ0n) is 10.8. The molecule has 0 aliphatic heterocycles. The van der Waals surface area contributed by atoms with Crippen LogP contribution in [0.25, 0.3) is 0 Å². The fourth-order valence-electron chi connectivity index (χ4n) is 2.10. The SMILES string of the molecule is CCc1[nH]c(Cc2ccccc2)nc1C(C)C. The van der Waals surface area contributed by atoms with Gasteiger partial charge in [-0.05, 0) is 17.9 Å². The maximum atomic E-state index is 4.72. The first-order chi connectivity index (χ1) is 8.20. The minimum absolute atomic E-state index is 0.491. The van der Waals surface area contributed by atoms with Gasteiger partial charge in [0.2, 0.25) is 0 Å². The van der Waals surface area contributed by atoms with E-state index in [9.17, 15) is 0 Å². The van der Waals surface area contributed by atoms with Crippen molar-refractivity contribution in [1.82, 2.24) is 9.97 Å². The molecule has 0 atom stereocenters. The summed E-state index contributed by atoms with van der Waals surface area (Å²) >= 11 is 0. The van der Waals surface area contributed by atoms with E-state index in [-0.39, 0.29) is 0 Å². The van der Waals surface area contributed by atoms with Gasteiger partial charge >= 0.3 is 0 Å². The largest absolute Gasteiger partial charge is 0.345 e. The molecule has 0 radical (unpaired) electrons. The molecule has 1 aromatic heterocycles. The molecular formula is C15H20N2. The number of aryl methyl sites for hydroxylation is 1. The number of nitrogens with zero attached hydrogens (tertiary/aromatic N) is 1. The molecule has 2 nitrogen and oxygen atoms in total. The Labute approximate surface area is 103 Å². The van der Waals surface area contributed by atoms with Crippen molar-refractivity contribution >= 4 is 0 Å². The van der Waals surface area contributed by atoms with Crippen LogP contribution in [0, 0.1) is 0 Å². The molecule has 90 valence electrons. The van der Waals surface area contributed by atoms with Crippen LogP contribution in [0.4, 0.5) is 0 Å². The summed E-state index contributed by atoms with van der Waals surface area (Å²) < 4.78 is 0. The first-order valence-corrected chi connectivity index (χ1v) is 6.32. The van der Waals surface area contributed by atoms with Crippen LogP contribution in [0.3, 0.4) is 0 Å². The van der Waals surface area contributed by atoms with Crippen molar-refractivity contribution < 1.29 is 0 Å². The zero-order valence-corrected chi connectivity index (χ0v) is 10.8. The number of aromatic amines is 1. The zero-order chi connectivity index (χ0) is 12.3. The Kier molecular flexibility index (Phi) is 3.62. The predicted molar refractivity (Wildman–Crippen MR) is 71.3 cm³/mol. The van der Waals surface area contributed by atoms with Crippen LogP contribution in [-0.2, 0) is 12.8 Å². The molecule has 0 saturated heterocycles. The van der Waals surface area contributed by atoms with E-state index in [1.807, 2.05) is 6.07 Å². The molecule has 0 saturated carbocycles. The normalized spacial score (nSPS) is 11.1. The summed E-state index contributed by atoms with van der Waals surface area (Å²) in [7, 11) is 0. The second-order valence-electron chi connectivity index (χ2n) is 4.72. The molecule has 1 heterocycles. The molecule has 17 heavy (non-hydrogen) atoms. The van der Waals surface area contributed by atoms with Gasteiger partial charge in [-0.15, -0.1) is 0 Å². The summed E-state index contributed by atoms with van der Waals surface area (Å²) in [5.74, 6) is 1.57. The molecule has 0 aliphatic rings. The number of nitrogens with one attached hydrogen (secondary N) is 1. The van der Waals surface area contributed by atoms with Crippen LogP contribution in [0.15, 0.2) is 30.3 Å². The Morgan fingerprint density at radius 1 is 1.18 bits per heavy atom. The van der Waals surface area contributed by atoms with E-state index in [0.29, 0.717) is 5.92 Å². The van der Waals surface area contributed by atoms with Gasteiger partial charge < -0.3 is 4.98 Å². The molecule has 0 spiro atoms. The highest BCUT2D eigenvalue weighted by molar-refractivity contribution is 5.23. The van der Waals surface area contributed by atoms with Gasteiger partial charge in [0.05, 0.1) is 5.69 Å². The van der Waals surface area contributed by atoms with Crippen molar-refractivity contribution in [1.29, 1.82) is 0 Å². The summed E-state index contributed by atoms with van der Waals surface area (Å²) in [6.07, 6.45) is 1.91. The number of hydrogen-bond donors (Lipinski definition) is 1. The quantitative estimate of drug-likeness (QED) is 0.849. The molecule has 0 aliphatic carbocycles. The maximum absolute atomic E-state index is 4.72. The van der Waals surface area contributed by atoms with E-state index in [1.54, 1.807) is 0 Å². The van der Waals surface area contributed by atoms with Crippen LogP contribution in [0.1, 0.15) is 49.5 Å². The van der Waals surface area contributed by atoms with Crippen LogP contribution in [-0.4, -0.2) is 9.97 Å². The lowest BCUT2D eigenvalue weighted by Gasteiger charge is -2.01. The van der Waals surface area contributed by atoms with Crippen molar-refractivity contribution in [2.75, 3.05) is 0 Å². The van der Waals surface area contributed by atoms with Crippen LogP contribution in [0.5, 0.6) is 0 Å². The third-order valence-corrected chi connectivity index (χ3v) is 2.97. The molecule has 0 amide bonds. The molecular weight excluding hydrogens is 208 g/mol. The smallest absolute Gasteiger partial charge is 0.111 e. The Morgan fingerprint density at radius 2 is 1.88 bits per heavy atom.